The fraction of sp³-hybridized carbons (Fsp3) is 0.125. The second kappa shape index (κ2) is 6.91. The number of anilines is 1. The number of amides is 1. The van der Waals surface area contributed by atoms with Crippen molar-refractivity contribution in [2.45, 2.75) is 6.92 Å². The van der Waals surface area contributed by atoms with Gasteiger partial charge in [0.1, 0.15) is 11.8 Å². The highest BCUT2D eigenvalue weighted by Crippen LogP contribution is 2.20. The minimum Gasteiger partial charge on any atom is -0.479 e. The number of hydrogen-bond acceptors (Lipinski definition) is 3. The summed E-state index contributed by atoms with van der Waals surface area (Å²) in [6.45, 7) is 1.93. The van der Waals surface area contributed by atoms with E-state index in [1.807, 2.05) is 19.1 Å². The van der Waals surface area contributed by atoms with Crippen molar-refractivity contribution in [3.05, 3.63) is 58.1 Å². The van der Waals surface area contributed by atoms with Gasteiger partial charge in [-0.15, -0.1) is 0 Å². The van der Waals surface area contributed by atoms with E-state index in [-0.39, 0.29) is 12.5 Å². The predicted octanol–water partition coefficient (Wildman–Crippen LogP) is 3.91. The van der Waals surface area contributed by atoms with Crippen LogP contribution in [0.3, 0.4) is 0 Å². The third kappa shape index (κ3) is 4.07. The Morgan fingerprint density at radius 1 is 1.33 bits per heavy atom. The summed E-state index contributed by atoms with van der Waals surface area (Å²) in [5, 5.41) is 11.3. The number of nitriles is 1. The normalized spacial score (nSPS) is 9.76. The highest BCUT2D eigenvalue weighted by molar-refractivity contribution is 9.10. The molecule has 0 spiro atoms. The summed E-state index contributed by atoms with van der Waals surface area (Å²) < 4.78 is 6.09. The van der Waals surface area contributed by atoms with Gasteiger partial charge < -0.3 is 10.1 Å². The predicted molar refractivity (Wildman–Crippen MR) is 84.4 cm³/mol. The second-order valence-electron chi connectivity index (χ2n) is 4.39. The Labute approximate surface area is 131 Å². The number of halogens is 1. The molecule has 0 unspecified atom stereocenters. The van der Waals surface area contributed by atoms with E-state index < -0.39 is 0 Å². The van der Waals surface area contributed by atoms with E-state index in [0.29, 0.717) is 17.0 Å². The van der Waals surface area contributed by atoms with Crippen LogP contribution in [-0.4, -0.2) is 12.5 Å². The molecule has 106 valence electrons. The number of nitrogens with one attached hydrogen (secondary N) is 1. The molecular formula is C16H13BrN2O2. The first-order valence-corrected chi connectivity index (χ1v) is 7.07. The average molecular weight is 345 g/mol. The number of carbonyl (C=O) groups excluding carboxylic acids is 1. The van der Waals surface area contributed by atoms with Crippen LogP contribution in [0.25, 0.3) is 0 Å². The third-order valence-electron chi connectivity index (χ3n) is 2.83. The molecule has 0 aromatic heterocycles. The van der Waals surface area contributed by atoms with Crippen molar-refractivity contribution >= 4 is 27.5 Å². The lowest BCUT2D eigenvalue weighted by Gasteiger charge is -2.08. The molecule has 2 rings (SSSR count). The van der Waals surface area contributed by atoms with Crippen LogP contribution < -0.4 is 10.1 Å². The SMILES string of the molecule is Cc1ccc(C(=O)Nc2cccc(OCC#N)c2)cc1Br. The molecule has 1 amide bonds. The summed E-state index contributed by atoms with van der Waals surface area (Å²) in [6.07, 6.45) is 0. The number of ether oxygens (including phenoxy) is 1. The number of carbonyl (C=O) groups is 1. The minimum atomic E-state index is -0.201. The third-order valence-corrected chi connectivity index (χ3v) is 3.68. The van der Waals surface area contributed by atoms with Crippen LogP contribution in [0.4, 0.5) is 5.69 Å². The van der Waals surface area contributed by atoms with Crippen LogP contribution in [0.1, 0.15) is 15.9 Å². The van der Waals surface area contributed by atoms with Crippen LogP contribution in [0.2, 0.25) is 0 Å². The highest BCUT2D eigenvalue weighted by atomic mass is 79.9. The number of rotatable bonds is 4. The molecule has 4 nitrogen and oxygen atoms in total. The molecule has 2 aromatic carbocycles. The Balaban J connectivity index is 2.12. The highest BCUT2D eigenvalue weighted by Gasteiger charge is 2.08. The van der Waals surface area contributed by atoms with Crippen LogP contribution in [0.15, 0.2) is 46.9 Å². The molecule has 21 heavy (non-hydrogen) atoms. The van der Waals surface area contributed by atoms with Gasteiger partial charge in [0.2, 0.25) is 0 Å². The molecule has 1 N–H and O–H groups in total. The average Bonchev–Trinajstić information content (AvgIpc) is 2.48. The molecule has 0 fully saturated rings. The first-order chi connectivity index (χ1) is 10.1. The van der Waals surface area contributed by atoms with Gasteiger partial charge in [-0.1, -0.05) is 28.1 Å². The van der Waals surface area contributed by atoms with Gasteiger partial charge in [0, 0.05) is 21.8 Å². The summed E-state index contributed by atoms with van der Waals surface area (Å²) in [7, 11) is 0. The van der Waals surface area contributed by atoms with Gasteiger partial charge in [-0.25, -0.2) is 0 Å². The molecule has 0 aliphatic carbocycles. The maximum Gasteiger partial charge on any atom is 0.255 e. The van der Waals surface area contributed by atoms with Crippen LogP contribution in [0.5, 0.6) is 5.75 Å². The molecule has 0 aliphatic heterocycles. The Bertz CT molecular complexity index is 708. The van der Waals surface area contributed by atoms with E-state index in [2.05, 4.69) is 21.2 Å². The van der Waals surface area contributed by atoms with Crippen LogP contribution in [0, 0.1) is 18.3 Å². The number of aryl methyl sites for hydroxylation is 1. The molecular weight excluding hydrogens is 332 g/mol. The summed E-state index contributed by atoms with van der Waals surface area (Å²) in [5.74, 6) is 0.340. The molecule has 0 heterocycles. The molecule has 2 aromatic rings. The largest absolute Gasteiger partial charge is 0.479 e. The van der Waals surface area contributed by atoms with E-state index in [4.69, 9.17) is 10.00 Å². The summed E-state index contributed by atoms with van der Waals surface area (Å²) in [5.41, 5.74) is 2.25. The Morgan fingerprint density at radius 2 is 2.14 bits per heavy atom. The van der Waals surface area contributed by atoms with Gasteiger partial charge in [0.25, 0.3) is 5.91 Å². The van der Waals surface area contributed by atoms with E-state index in [0.717, 1.165) is 10.0 Å². The van der Waals surface area contributed by atoms with Crippen molar-refractivity contribution in [1.29, 1.82) is 5.26 Å². The van der Waals surface area contributed by atoms with Gasteiger partial charge in [-0.05, 0) is 36.8 Å². The lowest BCUT2D eigenvalue weighted by molar-refractivity contribution is 0.102. The monoisotopic (exact) mass is 344 g/mol. The molecule has 0 saturated heterocycles. The van der Waals surface area contributed by atoms with E-state index in [1.165, 1.54) is 0 Å². The van der Waals surface area contributed by atoms with Crippen molar-refractivity contribution in [3.8, 4) is 11.8 Å². The quantitative estimate of drug-likeness (QED) is 0.914. The zero-order valence-corrected chi connectivity index (χ0v) is 13.0. The zero-order valence-electron chi connectivity index (χ0n) is 11.4. The van der Waals surface area contributed by atoms with Gasteiger partial charge in [0.15, 0.2) is 6.61 Å². The van der Waals surface area contributed by atoms with Gasteiger partial charge in [0.05, 0.1) is 0 Å². The molecule has 0 atom stereocenters. The van der Waals surface area contributed by atoms with Crippen molar-refractivity contribution in [2.75, 3.05) is 11.9 Å². The Kier molecular flexibility index (Phi) is 4.96. The zero-order chi connectivity index (χ0) is 15.2. The maximum absolute atomic E-state index is 12.2. The Hall–Kier alpha value is -2.32. The van der Waals surface area contributed by atoms with Crippen LogP contribution >= 0.6 is 15.9 Å². The smallest absolute Gasteiger partial charge is 0.255 e. The van der Waals surface area contributed by atoms with Gasteiger partial charge >= 0.3 is 0 Å². The van der Waals surface area contributed by atoms with E-state index in [9.17, 15) is 4.79 Å². The van der Waals surface area contributed by atoms with Gasteiger partial charge in [-0.2, -0.15) is 5.26 Å². The standard InChI is InChI=1S/C16H13BrN2O2/c1-11-5-6-12(9-15(11)17)16(20)19-13-3-2-4-14(10-13)21-8-7-18/h2-6,9-10H,8H2,1H3,(H,19,20). The van der Waals surface area contributed by atoms with Crippen LogP contribution in [-0.2, 0) is 0 Å². The first kappa shape index (κ1) is 15.1. The lowest BCUT2D eigenvalue weighted by Crippen LogP contribution is -2.12. The van der Waals surface area contributed by atoms with E-state index >= 15 is 0 Å². The van der Waals surface area contributed by atoms with E-state index in [1.54, 1.807) is 36.4 Å². The summed E-state index contributed by atoms with van der Waals surface area (Å²) >= 11 is 3.41. The van der Waals surface area contributed by atoms with Crippen molar-refractivity contribution in [3.63, 3.8) is 0 Å². The molecule has 0 bridgehead atoms. The van der Waals surface area contributed by atoms with Crippen molar-refractivity contribution < 1.29 is 9.53 Å². The maximum atomic E-state index is 12.2. The minimum absolute atomic E-state index is 0.0255. The Morgan fingerprint density at radius 3 is 2.86 bits per heavy atom. The fourth-order valence-electron chi connectivity index (χ4n) is 1.72. The topological polar surface area (TPSA) is 62.1 Å². The lowest BCUT2D eigenvalue weighted by atomic mass is 10.1. The van der Waals surface area contributed by atoms with Crippen molar-refractivity contribution in [1.82, 2.24) is 0 Å². The molecule has 0 radical (unpaired) electrons. The molecule has 0 saturated carbocycles. The summed E-state index contributed by atoms with van der Waals surface area (Å²) in [6, 6.07) is 14.3. The second-order valence-corrected chi connectivity index (χ2v) is 5.25. The molecule has 0 aliphatic rings. The van der Waals surface area contributed by atoms with Gasteiger partial charge in [-0.3, -0.25) is 4.79 Å². The molecule has 5 heteroatoms. The van der Waals surface area contributed by atoms with Crippen molar-refractivity contribution in [2.24, 2.45) is 0 Å². The summed E-state index contributed by atoms with van der Waals surface area (Å²) in [4.78, 5) is 12.2. The fourth-order valence-corrected chi connectivity index (χ4v) is 2.10. The first-order valence-electron chi connectivity index (χ1n) is 6.27. The number of benzene rings is 2. The number of hydrogen-bond donors (Lipinski definition) is 1. The number of nitrogens with zero attached hydrogens (tertiary/aromatic N) is 1.